The van der Waals surface area contributed by atoms with Crippen molar-refractivity contribution in [1.29, 1.82) is 0 Å². The Labute approximate surface area is 177 Å². The Bertz CT molecular complexity index is 1120. The molecule has 0 unspecified atom stereocenters. The van der Waals surface area contributed by atoms with Crippen LogP contribution in [0.3, 0.4) is 0 Å². The van der Waals surface area contributed by atoms with E-state index in [1.165, 1.54) is 7.11 Å². The van der Waals surface area contributed by atoms with E-state index in [0.29, 0.717) is 16.1 Å². The summed E-state index contributed by atoms with van der Waals surface area (Å²) >= 11 is 1.15. The number of rotatable bonds is 6. The van der Waals surface area contributed by atoms with Gasteiger partial charge in [-0.1, -0.05) is 12.1 Å². The summed E-state index contributed by atoms with van der Waals surface area (Å²) in [7, 11) is 1.31. The molecule has 9 heteroatoms. The number of fused-ring (bicyclic) bond motifs is 1. The molecule has 30 heavy (non-hydrogen) atoms. The van der Waals surface area contributed by atoms with Gasteiger partial charge >= 0.3 is 11.9 Å². The number of amides is 1. The van der Waals surface area contributed by atoms with Crippen LogP contribution in [0.2, 0.25) is 0 Å². The molecule has 0 bridgehead atoms. The lowest BCUT2D eigenvalue weighted by molar-refractivity contribution is -0.124. The summed E-state index contributed by atoms with van der Waals surface area (Å²) in [6.45, 7) is 3.57. The molecule has 2 heterocycles. The third-order valence-electron chi connectivity index (χ3n) is 4.41. The summed E-state index contributed by atoms with van der Waals surface area (Å²) in [5, 5.41) is 3.39. The smallest absolute Gasteiger partial charge is 0.351 e. The van der Waals surface area contributed by atoms with Crippen LogP contribution in [-0.2, 0) is 20.8 Å². The molecule has 0 atom stereocenters. The number of methoxy groups -OCH3 is 1. The van der Waals surface area contributed by atoms with Gasteiger partial charge in [-0.15, -0.1) is 11.3 Å². The Hall–Kier alpha value is -3.46. The number of nitrogens with two attached hydrogens (primary N) is 1. The number of hydrogen-bond donors (Lipinski definition) is 2. The van der Waals surface area contributed by atoms with E-state index in [4.69, 9.17) is 10.5 Å². The van der Waals surface area contributed by atoms with Crippen molar-refractivity contribution in [3.8, 4) is 0 Å². The molecule has 2 aromatic heterocycles. The standard InChI is InChI=1S/C21H21N3O5S/c1-11-8-12(2)24-19-16(11)17(22)18(30-19)21(27)29-10-15(25)23-9-13-4-6-14(7-5-13)20(26)28-3/h4-8H,9-10,22H2,1-3H3,(H,23,25). The number of esters is 2. The molecule has 0 saturated carbocycles. The minimum atomic E-state index is -0.662. The number of carbonyl (C=O) groups is 3. The number of pyridine rings is 1. The van der Waals surface area contributed by atoms with Gasteiger partial charge in [-0.25, -0.2) is 14.6 Å². The molecule has 3 N–H and O–H groups in total. The maximum absolute atomic E-state index is 12.4. The first-order chi connectivity index (χ1) is 14.3. The molecular formula is C21H21N3O5S. The molecule has 0 saturated heterocycles. The molecule has 0 fully saturated rings. The molecule has 1 aromatic carbocycles. The van der Waals surface area contributed by atoms with Crippen LogP contribution in [0.1, 0.15) is 36.9 Å². The van der Waals surface area contributed by atoms with Gasteiger partial charge in [-0.3, -0.25) is 4.79 Å². The van der Waals surface area contributed by atoms with Crippen LogP contribution >= 0.6 is 11.3 Å². The number of nitrogen functional groups attached to an aromatic ring is 1. The maximum atomic E-state index is 12.4. The van der Waals surface area contributed by atoms with Crippen molar-refractivity contribution >= 4 is 45.1 Å². The van der Waals surface area contributed by atoms with E-state index in [1.54, 1.807) is 24.3 Å². The fraction of sp³-hybridized carbons (Fsp3) is 0.238. The van der Waals surface area contributed by atoms with Gasteiger partial charge in [0.05, 0.1) is 18.4 Å². The van der Waals surface area contributed by atoms with Gasteiger partial charge in [0.2, 0.25) is 0 Å². The maximum Gasteiger partial charge on any atom is 0.351 e. The van der Waals surface area contributed by atoms with E-state index in [1.807, 2.05) is 19.9 Å². The third-order valence-corrected chi connectivity index (χ3v) is 5.49. The fourth-order valence-electron chi connectivity index (χ4n) is 2.95. The van der Waals surface area contributed by atoms with Crippen molar-refractivity contribution in [2.24, 2.45) is 0 Å². The van der Waals surface area contributed by atoms with Crippen LogP contribution in [0, 0.1) is 13.8 Å². The van der Waals surface area contributed by atoms with Gasteiger partial charge in [0.15, 0.2) is 6.61 Å². The second kappa shape index (κ2) is 8.91. The summed E-state index contributed by atoms with van der Waals surface area (Å²) in [6, 6.07) is 8.51. The number of anilines is 1. The number of hydrogen-bond acceptors (Lipinski definition) is 8. The number of benzene rings is 1. The molecule has 0 aliphatic carbocycles. The van der Waals surface area contributed by atoms with Crippen LogP contribution < -0.4 is 11.1 Å². The zero-order valence-electron chi connectivity index (χ0n) is 16.8. The van der Waals surface area contributed by atoms with Gasteiger partial charge < -0.3 is 20.5 Å². The molecule has 8 nitrogen and oxygen atoms in total. The van der Waals surface area contributed by atoms with Crippen LogP contribution in [0.4, 0.5) is 5.69 Å². The predicted molar refractivity (Wildman–Crippen MR) is 113 cm³/mol. The van der Waals surface area contributed by atoms with Crippen molar-refractivity contribution in [3.05, 3.63) is 57.6 Å². The van der Waals surface area contributed by atoms with Crippen LogP contribution in [-0.4, -0.2) is 36.5 Å². The van der Waals surface area contributed by atoms with Gasteiger partial charge in [-0.05, 0) is 43.2 Å². The number of nitrogens with one attached hydrogen (secondary N) is 1. The first-order valence-corrected chi connectivity index (χ1v) is 9.89. The molecule has 3 aromatic rings. The topological polar surface area (TPSA) is 121 Å². The number of carbonyl (C=O) groups excluding carboxylic acids is 3. The second-order valence-corrected chi connectivity index (χ2v) is 7.65. The first-order valence-electron chi connectivity index (χ1n) is 9.07. The van der Waals surface area contributed by atoms with Crippen molar-refractivity contribution in [2.45, 2.75) is 20.4 Å². The predicted octanol–water partition coefficient (Wildman–Crippen LogP) is 2.76. The lowest BCUT2D eigenvalue weighted by atomic mass is 10.1. The average molecular weight is 427 g/mol. The highest BCUT2D eigenvalue weighted by Crippen LogP contribution is 2.35. The Morgan fingerprint density at radius 2 is 1.83 bits per heavy atom. The highest BCUT2D eigenvalue weighted by Gasteiger charge is 2.21. The van der Waals surface area contributed by atoms with E-state index in [0.717, 1.165) is 33.5 Å². The average Bonchev–Trinajstić information content (AvgIpc) is 3.06. The Morgan fingerprint density at radius 3 is 2.50 bits per heavy atom. The number of nitrogens with zero attached hydrogens (tertiary/aromatic N) is 1. The van der Waals surface area contributed by atoms with E-state index in [9.17, 15) is 14.4 Å². The minimum absolute atomic E-state index is 0.227. The highest BCUT2D eigenvalue weighted by molar-refractivity contribution is 7.21. The number of aryl methyl sites for hydroxylation is 2. The van der Waals surface area contributed by atoms with Crippen molar-refractivity contribution in [3.63, 3.8) is 0 Å². The second-order valence-electron chi connectivity index (χ2n) is 6.65. The number of aromatic nitrogens is 1. The fourth-order valence-corrected chi connectivity index (χ4v) is 4.06. The van der Waals surface area contributed by atoms with Crippen LogP contribution in [0.25, 0.3) is 10.2 Å². The molecule has 0 aliphatic rings. The Morgan fingerprint density at radius 1 is 1.13 bits per heavy atom. The third kappa shape index (κ3) is 4.57. The molecule has 156 valence electrons. The normalized spacial score (nSPS) is 10.6. The van der Waals surface area contributed by atoms with Crippen molar-refractivity contribution < 1.29 is 23.9 Å². The Kier molecular flexibility index (Phi) is 6.31. The van der Waals surface area contributed by atoms with E-state index in [2.05, 4.69) is 15.0 Å². The van der Waals surface area contributed by atoms with E-state index >= 15 is 0 Å². The molecule has 1 amide bonds. The largest absolute Gasteiger partial charge is 0.465 e. The molecular weight excluding hydrogens is 406 g/mol. The highest BCUT2D eigenvalue weighted by atomic mass is 32.1. The Balaban J connectivity index is 1.56. The van der Waals surface area contributed by atoms with E-state index in [-0.39, 0.29) is 11.4 Å². The summed E-state index contributed by atoms with van der Waals surface area (Å²) in [6.07, 6.45) is 0. The zero-order chi connectivity index (χ0) is 21.8. The van der Waals surface area contributed by atoms with Gasteiger partial charge in [0.25, 0.3) is 5.91 Å². The summed E-state index contributed by atoms with van der Waals surface area (Å²) in [5.41, 5.74) is 9.40. The quantitative estimate of drug-likeness (QED) is 0.580. The lowest BCUT2D eigenvalue weighted by Crippen LogP contribution is -2.28. The summed E-state index contributed by atoms with van der Waals surface area (Å²) < 4.78 is 9.75. The zero-order valence-corrected chi connectivity index (χ0v) is 17.6. The monoisotopic (exact) mass is 427 g/mol. The van der Waals surface area contributed by atoms with Crippen molar-refractivity contribution in [1.82, 2.24) is 10.3 Å². The van der Waals surface area contributed by atoms with Crippen LogP contribution in [0.15, 0.2) is 30.3 Å². The van der Waals surface area contributed by atoms with Crippen molar-refractivity contribution in [2.75, 3.05) is 19.5 Å². The summed E-state index contributed by atoms with van der Waals surface area (Å²) in [5.74, 6) is -1.55. The summed E-state index contributed by atoms with van der Waals surface area (Å²) in [4.78, 5) is 41.1. The molecule has 0 radical (unpaired) electrons. The first kappa shape index (κ1) is 21.3. The SMILES string of the molecule is COC(=O)c1ccc(CNC(=O)COC(=O)c2sc3nc(C)cc(C)c3c2N)cc1. The molecule has 0 aliphatic heterocycles. The minimum Gasteiger partial charge on any atom is -0.465 e. The van der Waals surface area contributed by atoms with Gasteiger partial charge in [0, 0.05) is 17.6 Å². The van der Waals surface area contributed by atoms with Gasteiger partial charge in [0.1, 0.15) is 9.71 Å². The molecule has 3 rings (SSSR count). The lowest BCUT2D eigenvalue weighted by Gasteiger charge is -2.07. The van der Waals surface area contributed by atoms with Crippen LogP contribution in [0.5, 0.6) is 0 Å². The number of thiophene rings is 1. The van der Waals surface area contributed by atoms with E-state index < -0.39 is 24.5 Å². The van der Waals surface area contributed by atoms with Gasteiger partial charge in [-0.2, -0.15) is 0 Å². The number of ether oxygens (including phenoxy) is 2. The molecule has 0 spiro atoms.